The van der Waals surface area contributed by atoms with E-state index in [1.54, 1.807) is 25.3 Å². The molecule has 0 saturated heterocycles. The van der Waals surface area contributed by atoms with E-state index in [0.717, 1.165) is 39.1 Å². The van der Waals surface area contributed by atoms with Crippen LogP contribution in [0.15, 0.2) is 59.3 Å². The van der Waals surface area contributed by atoms with Gasteiger partial charge in [0.25, 0.3) is 0 Å². The van der Waals surface area contributed by atoms with Gasteiger partial charge in [-0.2, -0.15) is 0 Å². The number of rotatable bonds is 7. The topological polar surface area (TPSA) is 73.1 Å². The third-order valence-electron chi connectivity index (χ3n) is 5.07. The second kappa shape index (κ2) is 9.54. The first-order chi connectivity index (χ1) is 15.5. The smallest absolute Gasteiger partial charge is 0.230 e. The maximum atomic E-state index is 12.5. The molecule has 1 amide bonds. The quantitative estimate of drug-likeness (QED) is 0.344. The summed E-state index contributed by atoms with van der Waals surface area (Å²) >= 11 is 2.99. The number of hydrogen-bond acceptors (Lipinski definition) is 7. The summed E-state index contributed by atoms with van der Waals surface area (Å²) in [5.74, 6) is 1.28. The number of anilines is 2. The lowest BCUT2D eigenvalue weighted by molar-refractivity contribution is -0.115. The summed E-state index contributed by atoms with van der Waals surface area (Å²) in [6.45, 7) is 5.63. The Morgan fingerprint density at radius 2 is 2.00 bits per heavy atom. The van der Waals surface area contributed by atoms with Crippen molar-refractivity contribution in [1.82, 2.24) is 19.7 Å². The van der Waals surface area contributed by atoms with Crippen molar-refractivity contribution in [3.05, 3.63) is 71.0 Å². The van der Waals surface area contributed by atoms with E-state index in [-0.39, 0.29) is 5.91 Å². The Balaban J connectivity index is 1.55. The van der Waals surface area contributed by atoms with Crippen LogP contribution >= 0.6 is 23.1 Å². The van der Waals surface area contributed by atoms with Crippen molar-refractivity contribution in [2.24, 2.45) is 0 Å². The van der Waals surface area contributed by atoms with E-state index < -0.39 is 0 Å². The number of aryl methyl sites for hydroxylation is 1. The number of para-hydroxylation sites is 2. The van der Waals surface area contributed by atoms with Gasteiger partial charge in [-0.15, -0.1) is 21.5 Å². The highest BCUT2D eigenvalue weighted by molar-refractivity contribution is 7.98. The van der Waals surface area contributed by atoms with Gasteiger partial charge < -0.3 is 4.74 Å². The number of ether oxygens (including phenoxy) is 1. The Morgan fingerprint density at radius 1 is 1.19 bits per heavy atom. The number of hydrogen-bond donors (Lipinski definition) is 0. The van der Waals surface area contributed by atoms with Gasteiger partial charge in [0.05, 0.1) is 24.2 Å². The zero-order valence-electron chi connectivity index (χ0n) is 18.3. The Morgan fingerprint density at radius 3 is 2.78 bits per heavy atom. The summed E-state index contributed by atoms with van der Waals surface area (Å²) in [5, 5.41) is 11.7. The van der Waals surface area contributed by atoms with Crippen molar-refractivity contribution in [3.8, 4) is 11.4 Å². The molecule has 32 heavy (non-hydrogen) atoms. The largest absolute Gasteiger partial charge is 0.495 e. The van der Waals surface area contributed by atoms with E-state index in [9.17, 15) is 4.79 Å². The molecule has 4 rings (SSSR count). The molecule has 0 aliphatic heterocycles. The average molecular weight is 466 g/mol. The fraction of sp³-hybridized carbons (Fsp3) is 0.217. The van der Waals surface area contributed by atoms with Crippen LogP contribution in [0.3, 0.4) is 0 Å². The Bertz CT molecular complexity index is 1250. The van der Waals surface area contributed by atoms with E-state index in [1.807, 2.05) is 66.3 Å². The molecule has 0 N–H and O–H groups in total. The molecular weight excluding hydrogens is 442 g/mol. The molecule has 7 nitrogen and oxygen atoms in total. The summed E-state index contributed by atoms with van der Waals surface area (Å²) in [6, 6.07) is 13.7. The summed E-state index contributed by atoms with van der Waals surface area (Å²) < 4.78 is 7.36. The van der Waals surface area contributed by atoms with E-state index in [0.29, 0.717) is 10.9 Å². The maximum absolute atomic E-state index is 12.5. The molecule has 0 fully saturated rings. The lowest BCUT2D eigenvalue weighted by atomic mass is 10.1. The van der Waals surface area contributed by atoms with Crippen LogP contribution in [0.2, 0.25) is 0 Å². The first-order valence-corrected chi connectivity index (χ1v) is 11.8. The zero-order chi connectivity index (χ0) is 22.7. The molecule has 0 aliphatic carbocycles. The lowest BCUT2D eigenvalue weighted by Gasteiger charge is -2.21. The van der Waals surface area contributed by atoms with Crippen LogP contribution in [0.5, 0.6) is 5.75 Å². The maximum Gasteiger partial charge on any atom is 0.230 e. The molecular formula is C23H23N5O2S2. The number of thioether (sulfide) groups is 1. The van der Waals surface area contributed by atoms with Crippen molar-refractivity contribution in [1.29, 1.82) is 0 Å². The van der Waals surface area contributed by atoms with Crippen LogP contribution in [0.25, 0.3) is 5.69 Å². The Kier molecular flexibility index (Phi) is 6.57. The van der Waals surface area contributed by atoms with Gasteiger partial charge >= 0.3 is 0 Å². The number of carbonyl (C=O) groups is 1. The molecule has 2 aromatic carbocycles. The van der Waals surface area contributed by atoms with Gasteiger partial charge in [0, 0.05) is 18.1 Å². The molecule has 0 aliphatic rings. The highest BCUT2D eigenvalue weighted by Gasteiger charge is 2.20. The van der Waals surface area contributed by atoms with E-state index in [1.165, 1.54) is 23.1 Å². The first-order valence-electron chi connectivity index (χ1n) is 9.97. The molecule has 164 valence electrons. The molecule has 0 spiro atoms. The van der Waals surface area contributed by atoms with Gasteiger partial charge in [0.15, 0.2) is 10.3 Å². The van der Waals surface area contributed by atoms with Gasteiger partial charge in [0.1, 0.15) is 12.1 Å². The number of amides is 1. The van der Waals surface area contributed by atoms with Crippen LogP contribution in [0.1, 0.15) is 23.7 Å². The number of nitrogens with zero attached hydrogens (tertiary/aromatic N) is 5. The summed E-state index contributed by atoms with van der Waals surface area (Å²) in [4.78, 5) is 18.9. The molecule has 4 aromatic rings. The molecule has 0 radical (unpaired) electrons. The molecule has 2 aromatic heterocycles. The third-order valence-corrected chi connectivity index (χ3v) is 6.92. The number of benzene rings is 2. The van der Waals surface area contributed by atoms with Crippen LogP contribution < -0.4 is 9.64 Å². The fourth-order valence-corrected chi connectivity index (χ4v) is 5.11. The normalized spacial score (nSPS) is 10.9. The molecule has 2 heterocycles. The Hall–Kier alpha value is -3.17. The standard InChI is InChI=1S/C23H23N5O2S2/c1-15-8-7-10-19(16(15)2)28(17(3)29)22-25-18(12-31-22)13-32-23-26-24-14-27(23)20-9-5-6-11-21(20)30-4/h5-12,14H,13H2,1-4H3. The van der Waals surface area contributed by atoms with Crippen LogP contribution in [-0.2, 0) is 10.5 Å². The number of aromatic nitrogens is 4. The Labute approximate surface area is 195 Å². The van der Waals surface area contributed by atoms with Crippen molar-refractivity contribution in [3.63, 3.8) is 0 Å². The second-order valence-corrected chi connectivity index (χ2v) is 8.92. The van der Waals surface area contributed by atoms with E-state index in [4.69, 9.17) is 9.72 Å². The van der Waals surface area contributed by atoms with Crippen LogP contribution in [0.4, 0.5) is 10.8 Å². The summed E-state index contributed by atoms with van der Waals surface area (Å²) in [6.07, 6.45) is 1.67. The van der Waals surface area contributed by atoms with Gasteiger partial charge in [-0.05, 0) is 43.2 Å². The highest BCUT2D eigenvalue weighted by Crippen LogP contribution is 2.34. The fourth-order valence-electron chi connectivity index (χ4n) is 3.31. The summed E-state index contributed by atoms with van der Waals surface area (Å²) in [5.41, 5.74) is 4.82. The number of methoxy groups -OCH3 is 1. The third kappa shape index (κ3) is 4.39. The van der Waals surface area contributed by atoms with Crippen molar-refractivity contribution < 1.29 is 9.53 Å². The van der Waals surface area contributed by atoms with Gasteiger partial charge in [0.2, 0.25) is 5.91 Å². The van der Waals surface area contributed by atoms with Crippen LogP contribution in [-0.4, -0.2) is 32.8 Å². The first kappa shape index (κ1) is 22.0. The molecule has 9 heteroatoms. The van der Waals surface area contributed by atoms with Crippen molar-refractivity contribution >= 4 is 39.8 Å². The number of carbonyl (C=O) groups excluding carboxylic acids is 1. The summed E-state index contributed by atoms with van der Waals surface area (Å²) in [7, 11) is 1.64. The van der Waals surface area contributed by atoms with Gasteiger partial charge in [-0.3, -0.25) is 14.3 Å². The highest BCUT2D eigenvalue weighted by atomic mass is 32.2. The molecule has 0 atom stereocenters. The van der Waals surface area contributed by atoms with Gasteiger partial charge in [-0.1, -0.05) is 36.0 Å². The average Bonchev–Trinajstić information content (AvgIpc) is 3.44. The zero-order valence-corrected chi connectivity index (χ0v) is 19.9. The predicted molar refractivity (Wildman–Crippen MR) is 128 cm³/mol. The van der Waals surface area contributed by atoms with Crippen LogP contribution in [0, 0.1) is 13.8 Å². The van der Waals surface area contributed by atoms with Gasteiger partial charge in [-0.25, -0.2) is 4.98 Å². The van der Waals surface area contributed by atoms with Crippen molar-refractivity contribution in [2.75, 3.05) is 12.0 Å². The molecule has 0 unspecified atom stereocenters. The number of thiazole rings is 1. The molecule has 0 bridgehead atoms. The SMILES string of the molecule is COc1ccccc1-n1cnnc1SCc1csc(N(C(C)=O)c2cccc(C)c2C)n1. The predicted octanol–water partition coefficient (Wildman–Crippen LogP) is 5.33. The monoisotopic (exact) mass is 465 g/mol. The lowest BCUT2D eigenvalue weighted by Crippen LogP contribution is -2.23. The second-order valence-electron chi connectivity index (χ2n) is 7.14. The van der Waals surface area contributed by atoms with Crippen molar-refractivity contribution in [2.45, 2.75) is 31.7 Å². The minimum Gasteiger partial charge on any atom is -0.495 e. The van der Waals surface area contributed by atoms with E-state index in [2.05, 4.69) is 10.2 Å². The van der Waals surface area contributed by atoms with E-state index >= 15 is 0 Å². The molecule has 0 saturated carbocycles. The minimum atomic E-state index is -0.0665. The minimum absolute atomic E-state index is 0.0665.